The van der Waals surface area contributed by atoms with E-state index in [9.17, 15) is 20.1 Å². The molecule has 0 bridgehead atoms. The summed E-state index contributed by atoms with van der Waals surface area (Å²) in [5.74, 6) is 0.439. The molecule has 9 nitrogen and oxygen atoms in total. The van der Waals surface area contributed by atoms with Gasteiger partial charge in [-0.2, -0.15) is 0 Å². The lowest BCUT2D eigenvalue weighted by Gasteiger charge is -2.40. The fraction of sp³-hybridized carbons (Fsp3) is 0.458. The maximum Gasteiger partial charge on any atom is 0.508 e. The maximum atomic E-state index is 11.4. The molecule has 0 aliphatic carbocycles. The van der Waals surface area contributed by atoms with Crippen LogP contribution in [0, 0.1) is 0 Å². The van der Waals surface area contributed by atoms with E-state index in [1.54, 1.807) is 19.1 Å². The summed E-state index contributed by atoms with van der Waals surface area (Å²) in [6, 6.07) is 15.1. The zero-order valence-electron chi connectivity index (χ0n) is 18.4. The fourth-order valence-electron chi connectivity index (χ4n) is 3.52. The van der Waals surface area contributed by atoms with Crippen LogP contribution in [-0.2, 0) is 27.1 Å². The van der Waals surface area contributed by atoms with Crippen LogP contribution in [0.1, 0.15) is 23.6 Å². The molecule has 0 unspecified atom stereocenters. The van der Waals surface area contributed by atoms with Crippen molar-refractivity contribution in [2.24, 2.45) is 0 Å². The summed E-state index contributed by atoms with van der Waals surface area (Å²) in [5.41, 5.74) is 2.88. The minimum atomic E-state index is -1.56. The highest BCUT2D eigenvalue weighted by Crippen LogP contribution is 2.28. The van der Waals surface area contributed by atoms with Gasteiger partial charge in [0.25, 0.3) is 0 Å². The van der Waals surface area contributed by atoms with Crippen molar-refractivity contribution in [3.05, 3.63) is 65.2 Å². The van der Waals surface area contributed by atoms with Crippen molar-refractivity contribution in [3.63, 3.8) is 0 Å². The monoisotopic (exact) mass is 462 g/mol. The molecule has 0 amide bonds. The second-order valence-corrected chi connectivity index (χ2v) is 7.70. The Balaban J connectivity index is 1.70. The Kier molecular flexibility index (Phi) is 9.04. The van der Waals surface area contributed by atoms with Gasteiger partial charge in [0.2, 0.25) is 6.29 Å². The van der Waals surface area contributed by atoms with E-state index >= 15 is 0 Å². The van der Waals surface area contributed by atoms with E-state index in [0.29, 0.717) is 18.6 Å². The van der Waals surface area contributed by atoms with Gasteiger partial charge in [-0.05, 0) is 36.1 Å². The molecule has 2 aromatic carbocycles. The van der Waals surface area contributed by atoms with Crippen molar-refractivity contribution in [3.8, 4) is 5.75 Å². The second-order valence-electron chi connectivity index (χ2n) is 7.70. The first-order chi connectivity index (χ1) is 15.9. The van der Waals surface area contributed by atoms with Crippen LogP contribution in [0.3, 0.4) is 0 Å². The smallest absolute Gasteiger partial charge is 0.462 e. The van der Waals surface area contributed by atoms with Gasteiger partial charge < -0.3 is 39.4 Å². The first-order valence-corrected chi connectivity index (χ1v) is 10.8. The van der Waals surface area contributed by atoms with Crippen LogP contribution in [-0.4, -0.2) is 77.1 Å². The van der Waals surface area contributed by atoms with E-state index in [4.69, 9.17) is 19.3 Å². The van der Waals surface area contributed by atoms with Crippen LogP contribution >= 0.6 is 0 Å². The zero-order valence-corrected chi connectivity index (χ0v) is 18.4. The van der Waals surface area contributed by atoms with Crippen LogP contribution < -0.4 is 4.74 Å². The number of carbonyl (C=O) groups is 1. The first kappa shape index (κ1) is 24.9. The van der Waals surface area contributed by atoms with E-state index < -0.39 is 36.9 Å². The van der Waals surface area contributed by atoms with Crippen molar-refractivity contribution in [2.75, 3.05) is 19.8 Å². The van der Waals surface area contributed by atoms with Crippen molar-refractivity contribution >= 4 is 6.16 Å². The van der Waals surface area contributed by atoms with Gasteiger partial charge in [-0.25, -0.2) is 4.79 Å². The van der Waals surface area contributed by atoms with Crippen LogP contribution in [0.2, 0.25) is 0 Å². The third-order valence-electron chi connectivity index (χ3n) is 5.33. The number of aliphatic hydroxyl groups excluding tert-OH is 4. The zero-order chi connectivity index (χ0) is 23.8. The number of aliphatic hydroxyl groups is 4. The number of rotatable bonds is 9. The second kappa shape index (κ2) is 12.0. The van der Waals surface area contributed by atoms with Gasteiger partial charge in [-0.1, -0.05) is 42.5 Å². The normalized spacial score (nSPS) is 24.8. The summed E-state index contributed by atoms with van der Waals surface area (Å²) < 4.78 is 21.1. The van der Waals surface area contributed by atoms with Gasteiger partial charge in [-0.3, -0.25) is 0 Å². The van der Waals surface area contributed by atoms with Gasteiger partial charge in [-0.15, -0.1) is 0 Å². The van der Waals surface area contributed by atoms with Crippen molar-refractivity contribution in [2.45, 2.75) is 50.5 Å². The summed E-state index contributed by atoms with van der Waals surface area (Å²) in [6.07, 6.45) is -6.79. The lowest BCUT2D eigenvalue weighted by atomic mass is 9.99. The number of benzene rings is 2. The minimum absolute atomic E-state index is 0.0894. The molecule has 1 aliphatic rings. The molecule has 0 saturated carbocycles. The van der Waals surface area contributed by atoms with E-state index in [-0.39, 0.29) is 19.8 Å². The quantitative estimate of drug-likeness (QED) is 0.405. The predicted octanol–water partition coefficient (Wildman–Crippen LogP) is 1.17. The molecular formula is C24H30O9. The SMILES string of the molecule is CCOC(=O)OC[C@H]1O[C@@H](Oc2ccccc2Cc2ccc(CCO)cc2)[C@H](O)[C@@H](O)[C@@H]1O. The molecule has 9 heteroatoms. The Morgan fingerprint density at radius 1 is 0.939 bits per heavy atom. The largest absolute Gasteiger partial charge is 0.508 e. The Labute approximate surface area is 192 Å². The highest BCUT2D eigenvalue weighted by molar-refractivity contribution is 5.59. The van der Waals surface area contributed by atoms with Gasteiger partial charge in [0.05, 0.1) is 6.61 Å². The molecule has 1 saturated heterocycles. The number of hydrogen-bond acceptors (Lipinski definition) is 9. The molecule has 1 fully saturated rings. The summed E-state index contributed by atoms with van der Waals surface area (Å²) in [7, 11) is 0. The molecule has 4 N–H and O–H groups in total. The number of ether oxygens (including phenoxy) is 4. The maximum absolute atomic E-state index is 11.4. The third-order valence-corrected chi connectivity index (χ3v) is 5.33. The molecule has 5 atom stereocenters. The van der Waals surface area contributed by atoms with Crippen LogP contribution in [0.15, 0.2) is 48.5 Å². The average Bonchev–Trinajstić information content (AvgIpc) is 2.81. The molecule has 0 aromatic heterocycles. The summed E-state index contributed by atoms with van der Waals surface area (Å²) in [4.78, 5) is 11.4. The number of carbonyl (C=O) groups excluding carboxylic acids is 1. The van der Waals surface area contributed by atoms with E-state index in [2.05, 4.69) is 4.74 Å². The number of para-hydroxylation sites is 1. The molecule has 1 aliphatic heterocycles. The Morgan fingerprint density at radius 3 is 2.33 bits per heavy atom. The summed E-state index contributed by atoms with van der Waals surface area (Å²) in [6.45, 7) is 1.45. The van der Waals surface area contributed by atoms with Crippen molar-refractivity contribution in [1.29, 1.82) is 0 Å². The van der Waals surface area contributed by atoms with Crippen LogP contribution in [0.4, 0.5) is 4.79 Å². The highest BCUT2D eigenvalue weighted by atomic mass is 16.7. The molecule has 0 spiro atoms. The summed E-state index contributed by atoms with van der Waals surface area (Å²) >= 11 is 0. The topological polar surface area (TPSA) is 135 Å². The molecule has 0 radical (unpaired) electrons. The first-order valence-electron chi connectivity index (χ1n) is 10.8. The minimum Gasteiger partial charge on any atom is -0.462 e. The van der Waals surface area contributed by atoms with Crippen molar-refractivity contribution < 1.29 is 44.2 Å². The standard InChI is InChI=1S/C24H30O9/c1-2-30-24(29)31-14-19-20(26)21(27)22(28)23(33-19)32-18-6-4-3-5-17(18)13-16-9-7-15(8-10-16)11-12-25/h3-10,19-23,25-28H,2,11-14H2,1H3/t19-,20-,21+,22-,23-/m1/s1. The Hall–Kier alpha value is -2.69. The lowest BCUT2D eigenvalue weighted by Crippen LogP contribution is -2.60. The summed E-state index contributed by atoms with van der Waals surface area (Å²) in [5, 5.41) is 39.9. The Morgan fingerprint density at radius 2 is 1.64 bits per heavy atom. The third kappa shape index (κ3) is 6.66. The molecule has 2 aromatic rings. The molecule has 33 heavy (non-hydrogen) atoms. The fourth-order valence-corrected chi connectivity index (χ4v) is 3.52. The number of hydrogen-bond donors (Lipinski definition) is 4. The van der Waals surface area contributed by atoms with Gasteiger partial charge >= 0.3 is 6.16 Å². The average molecular weight is 462 g/mol. The predicted molar refractivity (Wildman–Crippen MR) is 117 cm³/mol. The van der Waals surface area contributed by atoms with Gasteiger partial charge in [0, 0.05) is 13.0 Å². The van der Waals surface area contributed by atoms with E-state index in [1.165, 1.54) is 0 Å². The Bertz CT molecular complexity index is 886. The molecule has 1 heterocycles. The van der Waals surface area contributed by atoms with Gasteiger partial charge in [0.1, 0.15) is 36.8 Å². The van der Waals surface area contributed by atoms with E-state index in [0.717, 1.165) is 16.7 Å². The highest BCUT2D eigenvalue weighted by Gasteiger charge is 2.45. The van der Waals surface area contributed by atoms with Crippen LogP contribution in [0.5, 0.6) is 5.75 Å². The van der Waals surface area contributed by atoms with Crippen molar-refractivity contribution in [1.82, 2.24) is 0 Å². The van der Waals surface area contributed by atoms with Crippen LogP contribution in [0.25, 0.3) is 0 Å². The molecule has 180 valence electrons. The molecular weight excluding hydrogens is 432 g/mol. The lowest BCUT2D eigenvalue weighted by molar-refractivity contribution is -0.278. The van der Waals surface area contributed by atoms with Gasteiger partial charge in [0.15, 0.2) is 0 Å². The molecule has 3 rings (SSSR count). The van der Waals surface area contributed by atoms with E-state index in [1.807, 2.05) is 36.4 Å².